The summed E-state index contributed by atoms with van der Waals surface area (Å²) in [4.78, 5) is 11.7. The Morgan fingerprint density at radius 1 is 1.40 bits per heavy atom. The van der Waals surface area contributed by atoms with Crippen LogP contribution in [0.1, 0.15) is 58.8 Å². The minimum absolute atomic E-state index is 0.159. The van der Waals surface area contributed by atoms with Crippen LogP contribution in [-0.2, 0) is 9.53 Å². The lowest BCUT2D eigenvalue weighted by Gasteiger charge is -2.27. The third-order valence-corrected chi connectivity index (χ3v) is 5.92. The zero-order valence-corrected chi connectivity index (χ0v) is 14.4. The lowest BCUT2D eigenvalue weighted by Crippen LogP contribution is -2.48. The van der Waals surface area contributed by atoms with Crippen molar-refractivity contribution in [2.24, 2.45) is 5.92 Å². The summed E-state index contributed by atoms with van der Waals surface area (Å²) in [6.07, 6.45) is 8.70. The lowest BCUT2D eigenvalue weighted by molar-refractivity contribution is -0.148. The van der Waals surface area contributed by atoms with E-state index in [1.807, 2.05) is 14.0 Å². The van der Waals surface area contributed by atoms with E-state index >= 15 is 0 Å². The standard InChI is InChI=1S/C16H31NO2S/c1-13-8-7-9-14(12-13)20-11-6-5-10-16(2,17-3)15(18)19-4/h13-14,17H,5-12H2,1-4H3. The van der Waals surface area contributed by atoms with Crippen LogP contribution in [0.5, 0.6) is 0 Å². The summed E-state index contributed by atoms with van der Waals surface area (Å²) in [7, 11) is 3.28. The van der Waals surface area contributed by atoms with E-state index in [9.17, 15) is 4.79 Å². The molecule has 1 N–H and O–H groups in total. The lowest BCUT2D eigenvalue weighted by atomic mass is 9.91. The van der Waals surface area contributed by atoms with Gasteiger partial charge in [0.2, 0.25) is 0 Å². The molecule has 3 unspecified atom stereocenters. The van der Waals surface area contributed by atoms with E-state index in [-0.39, 0.29) is 5.97 Å². The second-order valence-corrected chi connectivity index (χ2v) is 7.70. The summed E-state index contributed by atoms with van der Waals surface area (Å²) in [6, 6.07) is 0. The second kappa shape index (κ2) is 8.93. The summed E-state index contributed by atoms with van der Waals surface area (Å²) in [5.41, 5.74) is -0.529. The number of likely N-dealkylation sites (N-methyl/N-ethyl adjacent to an activating group) is 1. The molecule has 4 heteroatoms. The van der Waals surface area contributed by atoms with Crippen molar-refractivity contribution >= 4 is 17.7 Å². The van der Waals surface area contributed by atoms with Crippen molar-refractivity contribution in [2.45, 2.75) is 69.6 Å². The molecule has 20 heavy (non-hydrogen) atoms. The molecule has 1 aliphatic rings. The molecule has 0 heterocycles. The molecule has 0 radical (unpaired) electrons. The first-order valence-electron chi connectivity index (χ1n) is 7.90. The van der Waals surface area contributed by atoms with E-state index in [1.54, 1.807) is 0 Å². The zero-order valence-electron chi connectivity index (χ0n) is 13.5. The Bertz CT molecular complexity index is 298. The Hall–Kier alpha value is -0.220. The number of carbonyl (C=O) groups excluding carboxylic acids is 1. The fraction of sp³-hybridized carbons (Fsp3) is 0.938. The van der Waals surface area contributed by atoms with Gasteiger partial charge in [0.1, 0.15) is 5.54 Å². The highest BCUT2D eigenvalue weighted by molar-refractivity contribution is 7.99. The van der Waals surface area contributed by atoms with Crippen molar-refractivity contribution in [3.8, 4) is 0 Å². The van der Waals surface area contributed by atoms with Crippen LogP contribution in [0.15, 0.2) is 0 Å². The van der Waals surface area contributed by atoms with Crippen molar-refractivity contribution in [3.63, 3.8) is 0 Å². The van der Waals surface area contributed by atoms with E-state index in [0.717, 1.165) is 24.0 Å². The molecule has 0 bridgehead atoms. The first kappa shape index (κ1) is 17.8. The second-order valence-electron chi connectivity index (χ2n) is 6.30. The number of nitrogens with one attached hydrogen (secondary N) is 1. The maximum Gasteiger partial charge on any atom is 0.325 e. The molecule has 1 aliphatic carbocycles. The molecule has 0 aromatic heterocycles. The summed E-state index contributed by atoms with van der Waals surface area (Å²) < 4.78 is 4.86. The average molecular weight is 301 g/mol. The van der Waals surface area contributed by atoms with Crippen LogP contribution in [-0.4, -0.2) is 36.7 Å². The normalized spacial score (nSPS) is 26.0. The Morgan fingerprint density at radius 3 is 2.75 bits per heavy atom. The maximum atomic E-state index is 11.7. The molecule has 118 valence electrons. The fourth-order valence-electron chi connectivity index (χ4n) is 2.91. The van der Waals surface area contributed by atoms with Gasteiger partial charge in [0.25, 0.3) is 0 Å². The summed E-state index contributed by atoms with van der Waals surface area (Å²) >= 11 is 2.14. The van der Waals surface area contributed by atoms with Crippen LogP contribution >= 0.6 is 11.8 Å². The molecule has 1 rings (SSSR count). The first-order valence-corrected chi connectivity index (χ1v) is 8.95. The minimum Gasteiger partial charge on any atom is -0.468 e. The number of hydrogen-bond donors (Lipinski definition) is 1. The molecule has 0 aromatic rings. The maximum absolute atomic E-state index is 11.7. The Kier molecular flexibility index (Phi) is 7.96. The number of carbonyl (C=O) groups is 1. The Labute approximate surface area is 128 Å². The van der Waals surface area contributed by atoms with Crippen LogP contribution in [0.3, 0.4) is 0 Å². The monoisotopic (exact) mass is 301 g/mol. The molecule has 0 aliphatic heterocycles. The van der Waals surface area contributed by atoms with Gasteiger partial charge < -0.3 is 10.1 Å². The minimum atomic E-state index is -0.529. The van der Waals surface area contributed by atoms with Gasteiger partial charge in [-0.1, -0.05) is 26.2 Å². The molecule has 3 nitrogen and oxygen atoms in total. The van der Waals surface area contributed by atoms with Gasteiger partial charge in [-0.25, -0.2) is 0 Å². The SMILES string of the molecule is CNC(C)(CCCCSC1CCCC(C)C1)C(=O)OC. The molecule has 1 saturated carbocycles. The van der Waals surface area contributed by atoms with Crippen LogP contribution in [0.2, 0.25) is 0 Å². The summed E-state index contributed by atoms with van der Waals surface area (Å²) in [5.74, 6) is 1.97. The number of hydrogen-bond acceptors (Lipinski definition) is 4. The molecule has 0 aromatic carbocycles. The van der Waals surface area contributed by atoms with Crippen LogP contribution in [0.25, 0.3) is 0 Å². The average Bonchev–Trinajstić information content (AvgIpc) is 2.45. The first-order chi connectivity index (χ1) is 9.51. The fourth-order valence-corrected chi connectivity index (χ4v) is 4.42. The van der Waals surface area contributed by atoms with E-state index in [1.165, 1.54) is 45.0 Å². The van der Waals surface area contributed by atoms with Crippen molar-refractivity contribution in [1.82, 2.24) is 5.32 Å². The van der Waals surface area contributed by atoms with Crippen LogP contribution in [0, 0.1) is 5.92 Å². The van der Waals surface area contributed by atoms with Crippen molar-refractivity contribution in [2.75, 3.05) is 19.9 Å². The van der Waals surface area contributed by atoms with Gasteiger partial charge in [-0.3, -0.25) is 4.79 Å². The van der Waals surface area contributed by atoms with E-state index in [2.05, 4.69) is 24.0 Å². The van der Waals surface area contributed by atoms with Crippen LogP contribution < -0.4 is 5.32 Å². The quantitative estimate of drug-likeness (QED) is 0.549. The van der Waals surface area contributed by atoms with Crippen molar-refractivity contribution in [1.29, 1.82) is 0 Å². The number of thioether (sulfide) groups is 1. The third kappa shape index (κ3) is 5.65. The topological polar surface area (TPSA) is 38.3 Å². The van der Waals surface area contributed by atoms with Gasteiger partial charge in [-0.05, 0) is 51.3 Å². The van der Waals surface area contributed by atoms with Gasteiger partial charge in [0, 0.05) is 5.25 Å². The molecule has 0 saturated heterocycles. The Morgan fingerprint density at radius 2 is 2.15 bits per heavy atom. The number of unbranched alkanes of at least 4 members (excludes halogenated alkanes) is 1. The predicted molar refractivity (Wildman–Crippen MR) is 87.2 cm³/mol. The summed E-state index contributed by atoms with van der Waals surface area (Å²) in [5, 5.41) is 3.96. The Balaban J connectivity index is 2.16. The van der Waals surface area contributed by atoms with E-state index < -0.39 is 5.54 Å². The van der Waals surface area contributed by atoms with Gasteiger partial charge in [-0.2, -0.15) is 11.8 Å². The molecular weight excluding hydrogens is 270 g/mol. The van der Waals surface area contributed by atoms with Gasteiger partial charge in [0.15, 0.2) is 0 Å². The van der Waals surface area contributed by atoms with Crippen molar-refractivity contribution < 1.29 is 9.53 Å². The van der Waals surface area contributed by atoms with E-state index in [0.29, 0.717) is 0 Å². The van der Waals surface area contributed by atoms with Gasteiger partial charge in [0.05, 0.1) is 7.11 Å². The summed E-state index contributed by atoms with van der Waals surface area (Å²) in [6.45, 7) is 4.30. The largest absolute Gasteiger partial charge is 0.468 e. The molecular formula is C16H31NO2S. The number of methoxy groups -OCH3 is 1. The highest BCUT2D eigenvalue weighted by Gasteiger charge is 2.31. The molecule has 1 fully saturated rings. The van der Waals surface area contributed by atoms with Gasteiger partial charge in [-0.15, -0.1) is 0 Å². The predicted octanol–water partition coefficient (Wildman–Crippen LogP) is 3.62. The number of rotatable bonds is 8. The van der Waals surface area contributed by atoms with Crippen molar-refractivity contribution in [3.05, 3.63) is 0 Å². The van der Waals surface area contributed by atoms with E-state index in [4.69, 9.17) is 4.74 Å². The highest BCUT2D eigenvalue weighted by atomic mass is 32.2. The molecule has 0 spiro atoms. The number of esters is 1. The molecule has 0 amide bonds. The van der Waals surface area contributed by atoms with Crippen LogP contribution in [0.4, 0.5) is 0 Å². The van der Waals surface area contributed by atoms with Gasteiger partial charge >= 0.3 is 5.97 Å². The number of ether oxygens (including phenoxy) is 1. The highest BCUT2D eigenvalue weighted by Crippen LogP contribution is 2.32. The smallest absolute Gasteiger partial charge is 0.325 e. The third-order valence-electron chi connectivity index (χ3n) is 4.50. The zero-order chi connectivity index (χ0) is 15.0. The molecule has 3 atom stereocenters.